The Morgan fingerprint density at radius 1 is 0.154 bits per heavy atom. The minimum atomic E-state index is -0.253. The third kappa shape index (κ3) is 5.86. The Morgan fingerprint density at radius 3 is 0.833 bits per heavy atom. The molecule has 0 N–H and O–H groups in total. The molecule has 15 aromatic rings. The van der Waals surface area contributed by atoms with Crippen molar-refractivity contribution in [2.24, 2.45) is 0 Å². The third-order valence-corrected chi connectivity index (χ3v) is 17.2. The zero-order chi connectivity index (χ0) is 51.3. The van der Waals surface area contributed by atoms with Crippen LogP contribution in [0.15, 0.2) is 255 Å². The predicted molar refractivity (Wildman–Crippen MR) is 324 cm³/mol. The fourth-order valence-corrected chi connectivity index (χ4v) is 14.2. The van der Waals surface area contributed by atoms with E-state index in [-0.39, 0.29) is 11.6 Å². The topological polar surface area (TPSA) is 0 Å². The average molecular weight is 993 g/mol. The molecule has 17 rings (SSSR count). The molecule has 2 heteroatoms. The van der Waals surface area contributed by atoms with Gasteiger partial charge in [-0.2, -0.15) is 0 Å². The van der Waals surface area contributed by atoms with Gasteiger partial charge < -0.3 is 0 Å². The van der Waals surface area contributed by atoms with Gasteiger partial charge >= 0.3 is 0 Å². The molecular formula is C76H42F2. The molecule has 78 heavy (non-hydrogen) atoms. The Morgan fingerprint density at radius 2 is 0.436 bits per heavy atom. The van der Waals surface area contributed by atoms with Gasteiger partial charge in [-0.1, -0.05) is 231 Å². The molecule has 0 aliphatic heterocycles. The van der Waals surface area contributed by atoms with Crippen LogP contribution in [-0.4, -0.2) is 0 Å². The van der Waals surface area contributed by atoms with Crippen LogP contribution in [0.2, 0.25) is 0 Å². The summed E-state index contributed by atoms with van der Waals surface area (Å²) in [5, 5.41) is 14.6. The van der Waals surface area contributed by atoms with Gasteiger partial charge in [-0.3, -0.25) is 0 Å². The Kier molecular flexibility index (Phi) is 9.01. The first kappa shape index (κ1) is 43.2. The van der Waals surface area contributed by atoms with Crippen molar-refractivity contribution in [3.63, 3.8) is 0 Å². The molecule has 0 radical (unpaired) electrons. The molecule has 2 aliphatic carbocycles. The lowest BCUT2D eigenvalue weighted by atomic mass is 9.81. The van der Waals surface area contributed by atoms with Crippen molar-refractivity contribution in [2.75, 3.05) is 0 Å². The molecule has 0 fully saturated rings. The summed E-state index contributed by atoms with van der Waals surface area (Å²) in [6, 6.07) is 89.9. The number of hydrogen-bond donors (Lipinski definition) is 0. The van der Waals surface area contributed by atoms with E-state index in [0.29, 0.717) is 0 Å². The summed E-state index contributed by atoms with van der Waals surface area (Å²) < 4.78 is 29.4. The van der Waals surface area contributed by atoms with E-state index in [9.17, 15) is 8.78 Å². The normalized spacial score (nSPS) is 12.2. The van der Waals surface area contributed by atoms with Gasteiger partial charge in [0.2, 0.25) is 0 Å². The average Bonchev–Trinajstić information content (AvgIpc) is 3.12. The highest BCUT2D eigenvalue weighted by molar-refractivity contribution is 6.42. The number of rotatable bonds is 6. The van der Waals surface area contributed by atoms with E-state index in [1.54, 1.807) is 24.3 Å². The quantitative estimate of drug-likeness (QED) is 0.115. The highest BCUT2D eigenvalue weighted by atomic mass is 19.1. The predicted octanol–water partition coefficient (Wildman–Crippen LogP) is 21.6. The zero-order valence-electron chi connectivity index (χ0n) is 42.0. The van der Waals surface area contributed by atoms with Crippen LogP contribution >= 0.6 is 0 Å². The van der Waals surface area contributed by atoms with Crippen molar-refractivity contribution in [3.05, 3.63) is 266 Å². The Labute approximate surface area is 448 Å². The molecular weight excluding hydrogens is 951 g/mol. The fourth-order valence-electron chi connectivity index (χ4n) is 14.2. The number of fused-ring (bicyclic) bond motifs is 10. The summed E-state index contributed by atoms with van der Waals surface area (Å²) in [5.41, 5.74) is 23.2. The van der Waals surface area contributed by atoms with Crippen molar-refractivity contribution in [1.29, 1.82) is 0 Å². The highest BCUT2D eigenvalue weighted by Gasteiger charge is 2.36. The monoisotopic (exact) mass is 992 g/mol. The first-order valence-corrected chi connectivity index (χ1v) is 26.8. The zero-order valence-corrected chi connectivity index (χ0v) is 42.0. The van der Waals surface area contributed by atoms with Gasteiger partial charge in [-0.25, -0.2) is 8.78 Å². The molecule has 0 amide bonds. The number of benzene rings is 15. The Balaban J connectivity index is 0.987. The molecule has 2 aliphatic rings. The first-order valence-electron chi connectivity index (χ1n) is 26.8. The standard InChI is InChI=1S/C76H42F2/c77-47-31-27-44(28-32-47)50-20-8-10-22-52(50)70-55-25-13-11-23-53(55)65(45-17-5-2-6-18-45)73-61-39-35-57-60-38-42-64-72-62(40-36-58(68(60)72)59-37-41-63(75(70)73)71(61)67(57)59)74-66(46-29-33-48(78)34-30-46)54-24-12-14-26-56(54)69(76(64)74)51-21-9-7-19-49(51)43-15-3-1-4-16-43/h1-42H. The summed E-state index contributed by atoms with van der Waals surface area (Å²) >= 11 is 0. The maximum atomic E-state index is 14.9. The Bertz CT molecular complexity index is 5030. The molecule has 0 saturated carbocycles. The lowest BCUT2D eigenvalue weighted by Crippen LogP contribution is -1.95. The number of hydrogen-bond acceptors (Lipinski definition) is 0. The van der Waals surface area contributed by atoms with E-state index in [1.165, 1.54) is 132 Å². The number of halogens is 2. The van der Waals surface area contributed by atoms with Crippen LogP contribution in [0, 0.1) is 11.6 Å². The second-order valence-electron chi connectivity index (χ2n) is 21.1. The largest absolute Gasteiger partial charge is 0.207 e. The van der Waals surface area contributed by atoms with Crippen molar-refractivity contribution < 1.29 is 8.78 Å². The third-order valence-electron chi connectivity index (χ3n) is 17.2. The van der Waals surface area contributed by atoms with Crippen LogP contribution in [0.1, 0.15) is 0 Å². The molecule has 0 aromatic heterocycles. The van der Waals surface area contributed by atoms with Gasteiger partial charge in [-0.05, 0) is 200 Å². The van der Waals surface area contributed by atoms with Crippen molar-refractivity contribution in [2.45, 2.75) is 0 Å². The van der Waals surface area contributed by atoms with Crippen molar-refractivity contribution >= 4 is 64.6 Å². The second kappa shape index (κ2) is 16.2. The van der Waals surface area contributed by atoms with E-state index in [4.69, 9.17) is 0 Å². The van der Waals surface area contributed by atoms with Gasteiger partial charge in [0.25, 0.3) is 0 Å². The van der Waals surface area contributed by atoms with E-state index < -0.39 is 0 Å². The van der Waals surface area contributed by atoms with Gasteiger partial charge in [0.05, 0.1) is 0 Å². The maximum absolute atomic E-state index is 14.9. The molecule has 360 valence electrons. The van der Waals surface area contributed by atoms with Gasteiger partial charge in [-0.15, -0.1) is 0 Å². The van der Waals surface area contributed by atoms with Gasteiger partial charge in [0.1, 0.15) is 11.6 Å². The molecule has 0 saturated heterocycles. The van der Waals surface area contributed by atoms with E-state index >= 15 is 0 Å². The van der Waals surface area contributed by atoms with E-state index in [1.807, 2.05) is 24.3 Å². The SMILES string of the molecule is Fc1ccc(-c2ccccc2-c2c3c(c(-c4ccccc4)c4ccccc24)-c2ccc4c5ccc6c7c(ccc(c8ccc-3c2c48)c75)-c2c-6c(-c3ccccc3-c3ccccc3)c3ccccc3c2-c2ccc(F)cc2)cc1. The highest BCUT2D eigenvalue weighted by Crippen LogP contribution is 2.63. The summed E-state index contributed by atoms with van der Waals surface area (Å²) in [7, 11) is 0. The van der Waals surface area contributed by atoms with Crippen LogP contribution in [-0.2, 0) is 0 Å². The summed E-state index contributed by atoms with van der Waals surface area (Å²) in [6.45, 7) is 0. The van der Waals surface area contributed by atoms with E-state index in [2.05, 4.69) is 206 Å². The smallest absolute Gasteiger partial charge is 0.123 e. The molecule has 0 bridgehead atoms. The Hall–Kier alpha value is -10.0. The van der Waals surface area contributed by atoms with E-state index in [0.717, 1.165) is 44.2 Å². The summed E-state index contributed by atoms with van der Waals surface area (Å²) in [4.78, 5) is 0. The molecule has 0 unspecified atom stereocenters. The minimum Gasteiger partial charge on any atom is -0.207 e. The van der Waals surface area contributed by atoms with Gasteiger partial charge in [0.15, 0.2) is 0 Å². The lowest BCUT2D eigenvalue weighted by Gasteiger charge is -2.22. The van der Waals surface area contributed by atoms with Crippen LogP contribution in [0.3, 0.4) is 0 Å². The van der Waals surface area contributed by atoms with Crippen molar-refractivity contribution in [1.82, 2.24) is 0 Å². The van der Waals surface area contributed by atoms with Gasteiger partial charge in [0, 0.05) is 0 Å². The second-order valence-corrected chi connectivity index (χ2v) is 21.1. The maximum Gasteiger partial charge on any atom is 0.123 e. The lowest BCUT2D eigenvalue weighted by molar-refractivity contribution is 0.627. The molecule has 0 heterocycles. The molecule has 0 spiro atoms. The fraction of sp³-hybridized carbons (Fsp3) is 0. The van der Waals surface area contributed by atoms with Crippen molar-refractivity contribution in [3.8, 4) is 111 Å². The van der Waals surface area contributed by atoms with Crippen LogP contribution in [0.25, 0.3) is 176 Å². The van der Waals surface area contributed by atoms with Crippen LogP contribution in [0.5, 0.6) is 0 Å². The molecule has 15 aromatic carbocycles. The molecule has 0 nitrogen and oxygen atoms in total. The van der Waals surface area contributed by atoms with Crippen LogP contribution < -0.4 is 0 Å². The summed E-state index contributed by atoms with van der Waals surface area (Å²) in [6.07, 6.45) is 0. The molecule has 0 atom stereocenters. The minimum absolute atomic E-state index is 0.251. The van der Waals surface area contributed by atoms with Crippen LogP contribution in [0.4, 0.5) is 8.78 Å². The first-order chi connectivity index (χ1) is 38.6. The summed E-state index contributed by atoms with van der Waals surface area (Å²) in [5.74, 6) is -0.504.